The maximum absolute atomic E-state index is 14.1. The summed E-state index contributed by atoms with van der Waals surface area (Å²) in [6.07, 6.45) is 1.33. The monoisotopic (exact) mass is 583 g/mol. The summed E-state index contributed by atoms with van der Waals surface area (Å²) in [5, 5.41) is 3.42. The molecule has 0 heterocycles. The fourth-order valence-corrected chi connectivity index (χ4v) is 5.52. The second-order valence-electron chi connectivity index (χ2n) is 10.6. The van der Waals surface area contributed by atoms with Crippen molar-refractivity contribution >= 4 is 39.1 Å². The van der Waals surface area contributed by atoms with Crippen molar-refractivity contribution in [3.05, 3.63) is 100 Å². The molecular formula is C31H38ClN3O4S. The van der Waals surface area contributed by atoms with Gasteiger partial charge in [0, 0.05) is 24.5 Å². The van der Waals surface area contributed by atoms with Gasteiger partial charge >= 0.3 is 0 Å². The van der Waals surface area contributed by atoms with E-state index in [0.29, 0.717) is 22.8 Å². The molecule has 0 radical (unpaired) electrons. The first kappa shape index (κ1) is 31.2. The van der Waals surface area contributed by atoms with Crippen LogP contribution in [0.4, 0.5) is 5.69 Å². The van der Waals surface area contributed by atoms with E-state index in [-0.39, 0.29) is 24.8 Å². The van der Waals surface area contributed by atoms with Crippen molar-refractivity contribution in [1.29, 1.82) is 0 Å². The molecule has 0 aromatic heterocycles. The van der Waals surface area contributed by atoms with Crippen LogP contribution in [0.15, 0.2) is 72.8 Å². The van der Waals surface area contributed by atoms with E-state index in [1.807, 2.05) is 70.2 Å². The van der Waals surface area contributed by atoms with E-state index in [1.54, 1.807) is 30.3 Å². The molecule has 3 rings (SSSR count). The Bertz CT molecular complexity index is 1410. The molecule has 0 saturated carbocycles. The Morgan fingerprint density at radius 1 is 0.925 bits per heavy atom. The van der Waals surface area contributed by atoms with E-state index in [1.165, 1.54) is 4.90 Å². The summed E-state index contributed by atoms with van der Waals surface area (Å²) in [5.74, 6) is -0.611. The number of carbonyl (C=O) groups is 2. The third kappa shape index (κ3) is 8.83. The minimum atomic E-state index is -3.83. The fraction of sp³-hybridized carbons (Fsp3) is 0.355. The Labute approximate surface area is 243 Å². The Balaban J connectivity index is 2.07. The van der Waals surface area contributed by atoms with Crippen LogP contribution < -0.4 is 9.62 Å². The predicted molar refractivity (Wildman–Crippen MR) is 162 cm³/mol. The molecule has 0 saturated heterocycles. The lowest BCUT2D eigenvalue weighted by atomic mass is 10.0. The Morgan fingerprint density at radius 3 is 2.10 bits per heavy atom. The van der Waals surface area contributed by atoms with Crippen LogP contribution in [0.3, 0.4) is 0 Å². The molecule has 40 heavy (non-hydrogen) atoms. The van der Waals surface area contributed by atoms with E-state index >= 15 is 0 Å². The van der Waals surface area contributed by atoms with Crippen LogP contribution in [0.5, 0.6) is 0 Å². The van der Waals surface area contributed by atoms with Gasteiger partial charge in [0.25, 0.3) is 0 Å². The molecule has 1 unspecified atom stereocenters. The Hall–Kier alpha value is -3.36. The highest BCUT2D eigenvalue weighted by Gasteiger charge is 2.33. The lowest BCUT2D eigenvalue weighted by molar-refractivity contribution is -0.140. The Kier molecular flexibility index (Phi) is 10.8. The topological polar surface area (TPSA) is 86.8 Å². The molecule has 7 nitrogen and oxygen atoms in total. The summed E-state index contributed by atoms with van der Waals surface area (Å²) in [6.45, 7) is 7.75. The van der Waals surface area contributed by atoms with Gasteiger partial charge in [0.2, 0.25) is 21.8 Å². The standard InChI is InChI=1S/C31H38ClN3O4S/c1-22(2)19-33-31(37)29(18-25-11-7-6-8-12-25)34(20-26-13-9-10-14-28(26)32)30(36)21-35(40(5,38)39)27-16-23(3)15-24(4)17-27/h6-17,22,29H,18-21H2,1-5H3,(H,33,37). The summed E-state index contributed by atoms with van der Waals surface area (Å²) in [4.78, 5) is 29.2. The number of benzene rings is 3. The molecule has 3 aromatic rings. The SMILES string of the molecule is Cc1cc(C)cc(N(CC(=O)N(Cc2ccccc2Cl)C(Cc2ccccc2)C(=O)NCC(C)C)S(C)(=O)=O)c1. The van der Waals surface area contributed by atoms with Crippen LogP contribution in [-0.2, 0) is 32.6 Å². The second kappa shape index (κ2) is 13.8. The van der Waals surface area contributed by atoms with Gasteiger partial charge < -0.3 is 10.2 Å². The molecule has 0 aliphatic heterocycles. The lowest BCUT2D eigenvalue weighted by Crippen LogP contribution is -2.53. The third-order valence-corrected chi connectivity index (χ3v) is 7.94. The van der Waals surface area contributed by atoms with Gasteiger partial charge in [-0.25, -0.2) is 8.42 Å². The van der Waals surface area contributed by atoms with Crippen LogP contribution >= 0.6 is 11.6 Å². The van der Waals surface area contributed by atoms with E-state index in [9.17, 15) is 18.0 Å². The molecule has 1 N–H and O–H groups in total. The summed E-state index contributed by atoms with van der Waals surface area (Å²) in [5.41, 5.74) is 3.68. The summed E-state index contributed by atoms with van der Waals surface area (Å²) < 4.78 is 27.0. The number of nitrogens with one attached hydrogen (secondary N) is 1. The summed E-state index contributed by atoms with van der Waals surface area (Å²) in [7, 11) is -3.83. The first-order chi connectivity index (χ1) is 18.8. The average Bonchev–Trinajstić information content (AvgIpc) is 2.88. The number of halogens is 1. The number of hydrogen-bond donors (Lipinski definition) is 1. The van der Waals surface area contributed by atoms with Crippen molar-refractivity contribution in [3.8, 4) is 0 Å². The molecular weight excluding hydrogens is 546 g/mol. The van der Waals surface area contributed by atoms with Crippen LogP contribution in [-0.4, -0.2) is 50.5 Å². The number of anilines is 1. The number of amides is 2. The van der Waals surface area contributed by atoms with Crippen LogP contribution in [0, 0.1) is 19.8 Å². The fourth-order valence-electron chi connectivity index (χ4n) is 4.49. The summed E-state index contributed by atoms with van der Waals surface area (Å²) >= 11 is 6.48. The van der Waals surface area contributed by atoms with E-state index in [0.717, 1.165) is 27.3 Å². The number of aryl methyl sites for hydroxylation is 2. The molecule has 0 fully saturated rings. The quantitative estimate of drug-likeness (QED) is 0.320. The minimum Gasteiger partial charge on any atom is -0.354 e. The molecule has 2 amide bonds. The number of sulfonamides is 1. The average molecular weight is 584 g/mol. The molecule has 1 atom stereocenters. The highest BCUT2D eigenvalue weighted by molar-refractivity contribution is 7.92. The third-order valence-electron chi connectivity index (χ3n) is 6.43. The van der Waals surface area contributed by atoms with Crippen molar-refractivity contribution in [3.63, 3.8) is 0 Å². The maximum atomic E-state index is 14.1. The normalized spacial score (nSPS) is 12.2. The van der Waals surface area contributed by atoms with Gasteiger partial charge in [0.05, 0.1) is 11.9 Å². The first-order valence-electron chi connectivity index (χ1n) is 13.3. The zero-order chi connectivity index (χ0) is 29.4. The van der Waals surface area contributed by atoms with Crippen LogP contribution in [0.25, 0.3) is 0 Å². The van der Waals surface area contributed by atoms with Gasteiger partial charge in [-0.2, -0.15) is 0 Å². The molecule has 0 spiro atoms. The number of rotatable bonds is 12. The van der Waals surface area contributed by atoms with Crippen molar-refractivity contribution in [2.24, 2.45) is 5.92 Å². The molecule has 0 aliphatic rings. The van der Waals surface area contributed by atoms with E-state index in [4.69, 9.17) is 11.6 Å². The highest BCUT2D eigenvalue weighted by Crippen LogP contribution is 2.24. The first-order valence-corrected chi connectivity index (χ1v) is 15.5. The Morgan fingerprint density at radius 2 is 1.52 bits per heavy atom. The van der Waals surface area contributed by atoms with Gasteiger partial charge in [-0.05, 0) is 60.2 Å². The number of nitrogens with zero attached hydrogens (tertiary/aromatic N) is 2. The van der Waals surface area contributed by atoms with Gasteiger partial charge in [0.1, 0.15) is 12.6 Å². The second-order valence-corrected chi connectivity index (χ2v) is 12.9. The zero-order valence-electron chi connectivity index (χ0n) is 23.7. The minimum absolute atomic E-state index is 0.0373. The van der Waals surface area contributed by atoms with E-state index in [2.05, 4.69) is 5.32 Å². The molecule has 0 aliphatic carbocycles. The zero-order valence-corrected chi connectivity index (χ0v) is 25.3. The van der Waals surface area contributed by atoms with Crippen molar-refractivity contribution in [2.45, 2.75) is 46.7 Å². The number of carbonyl (C=O) groups excluding carboxylic acids is 2. The molecule has 0 bridgehead atoms. The van der Waals surface area contributed by atoms with E-state index < -0.39 is 28.5 Å². The largest absolute Gasteiger partial charge is 0.354 e. The van der Waals surface area contributed by atoms with Gasteiger partial charge in [-0.3, -0.25) is 13.9 Å². The predicted octanol–water partition coefficient (Wildman–Crippen LogP) is 5.14. The van der Waals surface area contributed by atoms with Crippen molar-refractivity contribution in [1.82, 2.24) is 10.2 Å². The molecule has 214 valence electrons. The molecule has 3 aromatic carbocycles. The lowest BCUT2D eigenvalue weighted by Gasteiger charge is -2.34. The van der Waals surface area contributed by atoms with Crippen LogP contribution in [0.2, 0.25) is 5.02 Å². The van der Waals surface area contributed by atoms with Crippen molar-refractivity contribution < 1.29 is 18.0 Å². The smallest absolute Gasteiger partial charge is 0.244 e. The molecule has 9 heteroatoms. The number of hydrogen-bond acceptors (Lipinski definition) is 4. The van der Waals surface area contributed by atoms with Gasteiger partial charge in [0.15, 0.2) is 0 Å². The van der Waals surface area contributed by atoms with Crippen molar-refractivity contribution in [2.75, 3.05) is 23.7 Å². The maximum Gasteiger partial charge on any atom is 0.244 e. The van der Waals surface area contributed by atoms with Gasteiger partial charge in [-0.15, -0.1) is 0 Å². The van der Waals surface area contributed by atoms with Gasteiger partial charge in [-0.1, -0.05) is 80.0 Å². The van der Waals surface area contributed by atoms with Crippen LogP contribution in [0.1, 0.15) is 36.1 Å². The highest BCUT2D eigenvalue weighted by atomic mass is 35.5. The summed E-state index contributed by atoms with van der Waals surface area (Å²) in [6, 6.07) is 21.1.